The van der Waals surface area contributed by atoms with Gasteiger partial charge < -0.3 is 27.9 Å². The second kappa shape index (κ2) is 36.3. The molecule has 0 N–H and O–H groups in total. The summed E-state index contributed by atoms with van der Waals surface area (Å²) >= 11 is 0. The van der Waals surface area contributed by atoms with E-state index >= 15 is 0 Å². The van der Waals surface area contributed by atoms with E-state index in [0.717, 1.165) is 25.7 Å². The summed E-state index contributed by atoms with van der Waals surface area (Å²) in [5.74, 6) is 0. The summed E-state index contributed by atoms with van der Waals surface area (Å²) in [6.07, 6.45) is 44.9. The molecule has 7 nitrogen and oxygen atoms in total. The Labute approximate surface area is 310 Å². The maximum absolute atomic E-state index is 12.3. The number of phosphoric ester groups is 1. The molecule has 296 valence electrons. The molecule has 0 radical (unpaired) electrons. The molecule has 0 bridgehead atoms. The number of likely N-dealkylation sites (N-methyl/N-ethyl adjacent to an activating group) is 1. The maximum atomic E-state index is 12.3. The molecule has 0 saturated carbocycles. The minimum atomic E-state index is -4.43. The zero-order chi connectivity index (χ0) is 36.9. The molecule has 2 atom stereocenters. The summed E-state index contributed by atoms with van der Waals surface area (Å²) < 4.78 is 34.7. The molecule has 1 unspecified atom stereocenters. The van der Waals surface area contributed by atoms with Gasteiger partial charge in [0.05, 0.1) is 40.3 Å². The van der Waals surface area contributed by atoms with E-state index in [1.54, 1.807) is 12.5 Å². The van der Waals surface area contributed by atoms with Crippen molar-refractivity contribution in [2.75, 3.05) is 47.5 Å². The minimum absolute atomic E-state index is 0.0737. The van der Waals surface area contributed by atoms with Crippen LogP contribution in [0.1, 0.15) is 181 Å². The summed E-state index contributed by atoms with van der Waals surface area (Å²) in [4.78, 5) is 12.3. The van der Waals surface area contributed by atoms with Crippen LogP contribution in [0, 0.1) is 0 Å². The molecule has 0 heterocycles. The number of unbranched alkanes of at least 4 members (excludes halogenated alkanes) is 23. The zero-order valence-corrected chi connectivity index (χ0v) is 34.5. The van der Waals surface area contributed by atoms with Crippen LogP contribution in [-0.4, -0.2) is 58.1 Å². The van der Waals surface area contributed by atoms with Crippen molar-refractivity contribution in [2.45, 2.75) is 187 Å². The van der Waals surface area contributed by atoms with E-state index in [9.17, 15) is 9.46 Å². The molecule has 0 spiro atoms. The molecule has 0 fully saturated rings. The van der Waals surface area contributed by atoms with Crippen molar-refractivity contribution in [1.82, 2.24) is 0 Å². The summed E-state index contributed by atoms with van der Waals surface area (Å²) in [5.41, 5.74) is 0. The fourth-order valence-electron chi connectivity index (χ4n) is 5.56. The van der Waals surface area contributed by atoms with Crippen molar-refractivity contribution in [3.63, 3.8) is 0 Å². The Kier molecular flexibility index (Phi) is 35.5. The summed E-state index contributed by atoms with van der Waals surface area (Å²) in [6, 6.07) is 0. The number of ether oxygens (including phenoxy) is 2. The molecular formula is C42H82NO6P. The molecule has 0 aliphatic heterocycles. The van der Waals surface area contributed by atoms with Gasteiger partial charge in [-0.15, -0.1) is 0 Å². The van der Waals surface area contributed by atoms with Crippen molar-refractivity contribution >= 4 is 7.82 Å². The quantitative estimate of drug-likeness (QED) is 0.0206. The number of nitrogens with zero attached hydrogens (tertiary/aromatic N) is 1. The van der Waals surface area contributed by atoms with Gasteiger partial charge in [-0.3, -0.25) is 4.57 Å². The SMILES string of the molecule is CCCCCC/C=C\CCCCCCCC/C=C\O[C@H](CO/C=C\CCCCCCCCCCCCCC)COP(=O)([O-])OCC[N+](C)(C)C. The van der Waals surface area contributed by atoms with Crippen LogP contribution in [0.25, 0.3) is 0 Å². The molecule has 0 aromatic carbocycles. The Bertz CT molecular complexity index is 841. The zero-order valence-electron chi connectivity index (χ0n) is 33.6. The first kappa shape index (κ1) is 48.9. The minimum Gasteiger partial charge on any atom is -0.756 e. The fourth-order valence-corrected chi connectivity index (χ4v) is 6.29. The van der Waals surface area contributed by atoms with E-state index in [4.69, 9.17) is 18.5 Å². The van der Waals surface area contributed by atoms with Crippen molar-refractivity contribution in [3.8, 4) is 0 Å². The standard InChI is InChI=1S/C42H82NO6P/c1-6-8-10-12-14-16-18-20-22-23-25-27-29-31-33-35-38-47-42(41-49-50(44,45)48-39-36-43(3,4)5)40-46-37-34-32-30-28-26-24-21-19-17-15-13-11-9-7-2/h16,18,34-35,37-38,42H,6-15,17,19-33,36,39-41H2,1-5H3/b18-16-,37-34-,38-35-/t42-/m1/s1. The van der Waals surface area contributed by atoms with Crippen LogP contribution < -0.4 is 4.89 Å². The van der Waals surface area contributed by atoms with Gasteiger partial charge in [0.15, 0.2) is 6.10 Å². The normalized spacial score (nSPS) is 14.3. The Balaban J connectivity index is 4.25. The van der Waals surface area contributed by atoms with E-state index in [1.165, 1.54) is 141 Å². The Hall–Kier alpha value is -1.11. The van der Waals surface area contributed by atoms with E-state index in [0.29, 0.717) is 11.0 Å². The third kappa shape index (κ3) is 39.7. The van der Waals surface area contributed by atoms with Gasteiger partial charge in [0, 0.05) is 0 Å². The first-order valence-corrected chi connectivity index (χ1v) is 22.3. The number of hydrogen-bond donors (Lipinski definition) is 0. The fraction of sp³-hybridized carbons (Fsp3) is 0.857. The van der Waals surface area contributed by atoms with Gasteiger partial charge in [0.1, 0.15) is 19.8 Å². The average Bonchev–Trinajstić information content (AvgIpc) is 3.07. The van der Waals surface area contributed by atoms with E-state index < -0.39 is 13.9 Å². The number of allylic oxidation sites excluding steroid dienone is 4. The van der Waals surface area contributed by atoms with Gasteiger partial charge in [0.25, 0.3) is 7.82 Å². The lowest BCUT2D eigenvalue weighted by molar-refractivity contribution is -0.870. The topological polar surface area (TPSA) is 77.1 Å². The van der Waals surface area contributed by atoms with Crippen molar-refractivity contribution in [1.29, 1.82) is 0 Å². The Morgan fingerprint density at radius 2 is 0.940 bits per heavy atom. The van der Waals surface area contributed by atoms with Gasteiger partial charge in [-0.1, -0.05) is 142 Å². The van der Waals surface area contributed by atoms with Crippen LogP contribution in [-0.2, 0) is 23.1 Å². The van der Waals surface area contributed by atoms with E-state index in [2.05, 4.69) is 26.0 Å². The highest BCUT2D eigenvalue weighted by atomic mass is 31.2. The Morgan fingerprint density at radius 1 is 0.540 bits per heavy atom. The number of rotatable bonds is 39. The van der Waals surface area contributed by atoms with Gasteiger partial charge in [-0.2, -0.15) is 0 Å². The number of hydrogen-bond acceptors (Lipinski definition) is 6. The lowest BCUT2D eigenvalue weighted by Gasteiger charge is -2.28. The lowest BCUT2D eigenvalue weighted by atomic mass is 10.0. The van der Waals surface area contributed by atoms with Crippen LogP contribution in [0.4, 0.5) is 0 Å². The summed E-state index contributed by atoms with van der Waals surface area (Å²) in [5, 5.41) is 0. The van der Waals surface area contributed by atoms with Crippen LogP contribution in [0.15, 0.2) is 36.8 Å². The highest BCUT2D eigenvalue weighted by molar-refractivity contribution is 7.45. The van der Waals surface area contributed by atoms with Gasteiger partial charge in [-0.05, 0) is 63.5 Å². The van der Waals surface area contributed by atoms with Crippen molar-refractivity contribution in [3.05, 3.63) is 36.8 Å². The molecule has 0 saturated heterocycles. The Morgan fingerprint density at radius 3 is 1.40 bits per heavy atom. The molecule has 0 amide bonds. The van der Waals surface area contributed by atoms with Crippen molar-refractivity contribution < 1.29 is 32.5 Å². The first-order valence-electron chi connectivity index (χ1n) is 20.8. The van der Waals surface area contributed by atoms with Crippen LogP contribution in [0.2, 0.25) is 0 Å². The second-order valence-corrected chi connectivity index (χ2v) is 16.5. The molecule has 0 rings (SSSR count). The van der Waals surface area contributed by atoms with Gasteiger partial charge in [0.2, 0.25) is 0 Å². The molecule has 0 aliphatic carbocycles. The summed E-state index contributed by atoms with van der Waals surface area (Å²) in [7, 11) is 1.52. The first-order chi connectivity index (χ1) is 24.2. The molecule has 0 aliphatic rings. The number of quaternary nitrogens is 1. The van der Waals surface area contributed by atoms with E-state index in [-0.39, 0.29) is 19.8 Å². The number of phosphoric acid groups is 1. The van der Waals surface area contributed by atoms with Gasteiger partial charge in [-0.25, -0.2) is 0 Å². The smallest absolute Gasteiger partial charge is 0.268 e. The van der Waals surface area contributed by atoms with Crippen LogP contribution >= 0.6 is 7.82 Å². The maximum Gasteiger partial charge on any atom is 0.268 e. The third-order valence-electron chi connectivity index (χ3n) is 8.88. The second-order valence-electron chi connectivity index (χ2n) is 15.1. The molecule has 50 heavy (non-hydrogen) atoms. The largest absolute Gasteiger partial charge is 0.756 e. The predicted octanol–water partition coefficient (Wildman–Crippen LogP) is 12.4. The highest BCUT2D eigenvalue weighted by Gasteiger charge is 2.17. The van der Waals surface area contributed by atoms with E-state index in [1.807, 2.05) is 33.3 Å². The van der Waals surface area contributed by atoms with Crippen molar-refractivity contribution in [2.24, 2.45) is 0 Å². The highest BCUT2D eigenvalue weighted by Crippen LogP contribution is 2.38. The van der Waals surface area contributed by atoms with Gasteiger partial charge >= 0.3 is 0 Å². The third-order valence-corrected chi connectivity index (χ3v) is 9.84. The van der Waals surface area contributed by atoms with Crippen LogP contribution in [0.3, 0.4) is 0 Å². The lowest BCUT2D eigenvalue weighted by Crippen LogP contribution is -2.37. The molecule has 0 aromatic heterocycles. The average molecular weight is 728 g/mol. The summed E-state index contributed by atoms with van der Waals surface area (Å²) in [6.45, 7) is 5.21. The van der Waals surface area contributed by atoms with Crippen LogP contribution in [0.5, 0.6) is 0 Å². The molecule has 8 heteroatoms. The monoisotopic (exact) mass is 728 g/mol. The predicted molar refractivity (Wildman–Crippen MR) is 212 cm³/mol. The molecule has 0 aromatic rings. The molecular weight excluding hydrogens is 645 g/mol.